The second-order valence-corrected chi connectivity index (χ2v) is 16.7. The highest BCUT2D eigenvalue weighted by Gasteiger charge is 2.35. The van der Waals surface area contributed by atoms with Crippen molar-refractivity contribution in [1.29, 1.82) is 0 Å². The second-order valence-electron chi connectivity index (χ2n) is 14.0. The molecule has 0 aliphatic heterocycles. The normalized spacial score (nSPS) is 12.3. The molecule has 2 heteroatoms. The van der Waals surface area contributed by atoms with Crippen molar-refractivity contribution in [3.8, 4) is 0 Å². The molecule has 242 valence electrons. The zero-order valence-corrected chi connectivity index (χ0v) is 29.1. The topological polar surface area (TPSA) is 17.1 Å². The summed E-state index contributed by atoms with van der Waals surface area (Å²) >= 11 is 0. The molecular weight excluding hydrogens is 648 g/mol. The Balaban J connectivity index is 1.34. The Kier molecular flexibility index (Phi) is 6.30. The molecule has 0 unspecified atom stereocenters. The van der Waals surface area contributed by atoms with E-state index in [1.807, 2.05) is 0 Å². The predicted molar refractivity (Wildman–Crippen MR) is 226 cm³/mol. The van der Waals surface area contributed by atoms with E-state index >= 15 is 4.57 Å². The fourth-order valence-electron chi connectivity index (χ4n) is 8.68. The van der Waals surface area contributed by atoms with E-state index in [-0.39, 0.29) is 0 Å². The van der Waals surface area contributed by atoms with E-state index in [0.29, 0.717) is 0 Å². The lowest BCUT2D eigenvalue weighted by Gasteiger charge is -2.26. The number of hydrogen-bond donors (Lipinski definition) is 0. The van der Waals surface area contributed by atoms with Crippen molar-refractivity contribution in [3.05, 3.63) is 188 Å². The van der Waals surface area contributed by atoms with Crippen molar-refractivity contribution >= 4 is 109 Å². The summed E-state index contributed by atoms with van der Waals surface area (Å²) < 4.78 is 17.2. The van der Waals surface area contributed by atoms with Gasteiger partial charge >= 0.3 is 0 Å². The molecule has 0 heterocycles. The maximum Gasteiger partial charge on any atom is 0.172 e. The van der Waals surface area contributed by atoms with E-state index < -0.39 is 7.14 Å². The molecule has 0 saturated carbocycles. The maximum atomic E-state index is 17.2. The summed E-state index contributed by atoms with van der Waals surface area (Å²) in [5.74, 6) is 0. The van der Waals surface area contributed by atoms with Crippen LogP contribution >= 0.6 is 7.14 Å². The Morgan fingerprint density at radius 2 is 0.635 bits per heavy atom. The molecule has 0 aromatic heterocycles. The van der Waals surface area contributed by atoms with Gasteiger partial charge in [0.2, 0.25) is 0 Å². The summed E-state index contributed by atoms with van der Waals surface area (Å²) in [6.07, 6.45) is 0. The summed E-state index contributed by atoms with van der Waals surface area (Å²) in [7, 11) is -3.58. The van der Waals surface area contributed by atoms with Gasteiger partial charge in [-0.2, -0.15) is 0 Å². The standard InChI is InChI=1S/C50H31OP/c51-52(41-23-21-36-25-32-11-1-3-13-34(32)27-39(36)29-41,42-24-22-37-26-33-12-2-4-14-35(33)28-40(37)30-42)50-43-16-6-5-15-38(43)31-48-46-19-8-7-17-44(46)45-18-9-10-20-47(45)49(48)50/h1-31H. The minimum absolute atomic E-state index is 0.838. The number of rotatable bonds is 3. The van der Waals surface area contributed by atoms with Crippen LogP contribution < -0.4 is 15.9 Å². The van der Waals surface area contributed by atoms with E-state index in [9.17, 15) is 0 Å². The number of fused-ring (bicyclic) bond motifs is 11. The van der Waals surface area contributed by atoms with Crippen molar-refractivity contribution < 1.29 is 4.57 Å². The SMILES string of the molecule is O=P(c1ccc2cc3ccccc3cc2c1)(c1ccc2cc3ccccc3cc2c1)c1c2ccccc2cc2c3ccccc3c3ccccc3c12. The van der Waals surface area contributed by atoms with E-state index in [1.54, 1.807) is 0 Å². The van der Waals surface area contributed by atoms with Crippen LogP contribution in [0.25, 0.3) is 86.2 Å². The van der Waals surface area contributed by atoms with Crippen LogP contribution in [0.15, 0.2) is 188 Å². The highest BCUT2D eigenvalue weighted by Crippen LogP contribution is 2.50. The fourth-order valence-corrected chi connectivity index (χ4v) is 11.8. The van der Waals surface area contributed by atoms with Gasteiger partial charge in [0.25, 0.3) is 0 Å². The molecular formula is C50H31OP. The molecule has 0 N–H and O–H groups in total. The molecule has 0 atom stereocenters. The highest BCUT2D eigenvalue weighted by molar-refractivity contribution is 7.86. The van der Waals surface area contributed by atoms with Gasteiger partial charge < -0.3 is 4.57 Å². The van der Waals surface area contributed by atoms with Crippen LogP contribution in [-0.2, 0) is 4.57 Å². The van der Waals surface area contributed by atoms with Gasteiger partial charge in [0.1, 0.15) is 0 Å². The lowest BCUT2D eigenvalue weighted by atomic mass is 9.92. The van der Waals surface area contributed by atoms with Gasteiger partial charge in [0, 0.05) is 21.3 Å². The average molecular weight is 679 g/mol. The number of benzene rings is 11. The average Bonchev–Trinajstić information content (AvgIpc) is 3.20. The first-order valence-corrected chi connectivity index (χ1v) is 19.6. The molecule has 1 nitrogen and oxygen atoms in total. The molecule has 11 aromatic carbocycles. The van der Waals surface area contributed by atoms with E-state index in [4.69, 9.17) is 0 Å². The lowest BCUT2D eigenvalue weighted by molar-refractivity contribution is 0.593. The van der Waals surface area contributed by atoms with Crippen LogP contribution in [-0.4, -0.2) is 0 Å². The number of hydrogen-bond acceptors (Lipinski definition) is 1. The predicted octanol–water partition coefficient (Wildman–Crippen LogP) is 12.6. The highest BCUT2D eigenvalue weighted by atomic mass is 31.2. The van der Waals surface area contributed by atoms with Crippen molar-refractivity contribution in [2.75, 3.05) is 0 Å². The van der Waals surface area contributed by atoms with Gasteiger partial charge in [-0.15, -0.1) is 0 Å². The largest absolute Gasteiger partial charge is 0.309 e. The Labute approximate surface area is 300 Å². The van der Waals surface area contributed by atoms with Gasteiger partial charge in [0.15, 0.2) is 7.14 Å². The molecule has 0 aliphatic carbocycles. The summed E-state index contributed by atoms with van der Waals surface area (Å²) in [4.78, 5) is 0. The molecule has 11 rings (SSSR count). The maximum absolute atomic E-state index is 17.2. The molecule has 0 spiro atoms. The van der Waals surface area contributed by atoms with Crippen molar-refractivity contribution in [1.82, 2.24) is 0 Å². The molecule has 0 radical (unpaired) electrons. The molecule has 0 saturated heterocycles. The van der Waals surface area contributed by atoms with Gasteiger partial charge in [-0.1, -0.05) is 146 Å². The smallest absolute Gasteiger partial charge is 0.172 e. The monoisotopic (exact) mass is 678 g/mol. The molecule has 0 fully saturated rings. The van der Waals surface area contributed by atoms with Crippen molar-refractivity contribution in [3.63, 3.8) is 0 Å². The Bertz CT molecular complexity index is 3220. The third-order valence-corrected chi connectivity index (χ3v) is 14.2. The lowest BCUT2D eigenvalue weighted by Crippen LogP contribution is -2.26. The second kappa shape index (κ2) is 11.1. The van der Waals surface area contributed by atoms with Crippen LogP contribution in [0.2, 0.25) is 0 Å². The van der Waals surface area contributed by atoms with Crippen LogP contribution in [0.4, 0.5) is 0 Å². The van der Waals surface area contributed by atoms with Gasteiger partial charge in [-0.25, -0.2) is 0 Å². The molecule has 11 aromatic rings. The van der Waals surface area contributed by atoms with Gasteiger partial charge in [0.05, 0.1) is 0 Å². The first-order valence-electron chi connectivity index (χ1n) is 17.9. The third-order valence-electron chi connectivity index (χ3n) is 11.1. The Morgan fingerprint density at radius 1 is 0.269 bits per heavy atom. The third kappa shape index (κ3) is 4.27. The Hall–Kier alpha value is -6.27. The fraction of sp³-hybridized carbons (Fsp3) is 0. The van der Waals surface area contributed by atoms with Crippen LogP contribution in [0.3, 0.4) is 0 Å². The Morgan fingerprint density at radius 3 is 1.15 bits per heavy atom. The molecule has 0 amide bonds. The van der Waals surface area contributed by atoms with Crippen LogP contribution in [0.1, 0.15) is 0 Å². The van der Waals surface area contributed by atoms with Crippen LogP contribution in [0, 0.1) is 0 Å². The first kappa shape index (κ1) is 29.5. The minimum atomic E-state index is -3.58. The van der Waals surface area contributed by atoms with E-state index in [1.165, 1.54) is 37.7 Å². The van der Waals surface area contributed by atoms with Crippen LogP contribution in [0.5, 0.6) is 0 Å². The van der Waals surface area contributed by atoms with Gasteiger partial charge in [-0.05, 0) is 123 Å². The first-order chi connectivity index (χ1) is 25.6. The quantitative estimate of drug-likeness (QED) is 0.103. The zero-order chi connectivity index (χ0) is 34.4. The molecule has 0 bridgehead atoms. The molecule has 52 heavy (non-hydrogen) atoms. The molecule has 0 aliphatic rings. The summed E-state index contributed by atoms with van der Waals surface area (Å²) in [6, 6.07) is 67.1. The summed E-state index contributed by atoms with van der Waals surface area (Å²) in [5, 5.41) is 20.7. The zero-order valence-electron chi connectivity index (χ0n) is 28.3. The summed E-state index contributed by atoms with van der Waals surface area (Å²) in [5.41, 5.74) is 0. The van der Waals surface area contributed by atoms with E-state index in [0.717, 1.165) is 64.4 Å². The van der Waals surface area contributed by atoms with Crippen molar-refractivity contribution in [2.45, 2.75) is 0 Å². The minimum Gasteiger partial charge on any atom is -0.309 e. The summed E-state index contributed by atoms with van der Waals surface area (Å²) in [6.45, 7) is 0. The van der Waals surface area contributed by atoms with E-state index in [2.05, 4.69) is 188 Å². The van der Waals surface area contributed by atoms with Gasteiger partial charge in [-0.3, -0.25) is 0 Å². The van der Waals surface area contributed by atoms with Crippen molar-refractivity contribution in [2.24, 2.45) is 0 Å².